The second-order valence-electron chi connectivity index (χ2n) is 4.16. The lowest BCUT2D eigenvalue weighted by Gasteiger charge is -2.18. The highest BCUT2D eigenvalue weighted by Gasteiger charge is 2.16. The summed E-state index contributed by atoms with van der Waals surface area (Å²) in [6, 6.07) is 8.47. The SMILES string of the molecule is CN(Cc1cc(Br)cs1)c1ccc(C#N)c([N+](=O)[O-])c1. The molecule has 2 rings (SSSR count). The molecule has 0 N–H and O–H groups in total. The number of nitro groups is 1. The van der Waals surface area contributed by atoms with Gasteiger partial charge < -0.3 is 4.90 Å². The van der Waals surface area contributed by atoms with E-state index in [1.165, 1.54) is 12.1 Å². The van der Waals surface area contributed by atoms with Gasteiger partial charge in [0.05, 0.1) is 11.5 Å². The van der Waals surface area contributed by atoms with Gasteiger partial charge in [-0.3, -0.25) is 10.1 Å². The number of anilines is 1. The Hall–Kier alpha value is -1.91. The van der Waals surface area contributed by atoms with E-state index in [0.29, 0.717) is 12.2 Å². The van der Waals surface area contributed by atoms with Gasteiger partial charge in [-0.1, -0.05) is 0 Å². The lowest BCUT2D eigenvalue weighted by atomic mass is 10.1. The van der Waals surface area contributed by atoms with Crippen LogP contribution in [0, 0.1) is 21.4 Å². The fourth-order valence-electron chi connectivity index (χ4n) is 1.76. The van der Waals surface area contributed by atoms with Crippen LogP contribution in [-0.4, -0.2) is 12.0 Å². The summed E-state index contributed by atoms with van der Waals surface area (Å²) >= 11 is 5.01. The maximum Gasteiger partial charge on any atom is 0.289 e. The molecule has 0 amide bonds. The normalized spacial score (nSPS) is 10.1. The zero-order valence-corrected chi connectivity index (χ0v) is 12.9. The number of benzene rings is 1. The summed E-state index contributed by atoms with van der Waals surface area (Å²) in [6.07, 6.45) is 0. The van der Waals surface area contributed by atoms with E-state index >= 15 is 0 Å². The predicted molar refractivity (Wildman–Crippen MR) is 81.9 cm³/mol. The molecular formula is C13H10BrN3O2S. The first kappa shape index (κ1) is 14.5. The van der Waals surface area contributed by atoms with E-state index in [2.05, 4.69) is 15.9 Å². The van der Waals surface area contributed by atoms with Crippen molar-refractivity contribution in [2.24, 2.45) is 0 Å². The molecule has 5 nitrogen and oxygen atoms in total. The van der Waals surface area contributed by atoms with Crippen LogP contribution in [0.25, 0.3) is 0 Å². The van der Waals surface area contributed by atoms with E-state index in [1.54, 1.807) is 17.4 Å². The standard InChI is InChI=1S/C13H10BrN3O2S/c1-16(7-12-4-10(14)8-20-12)11-3-2-9(6-15)13(5-11)17(18)19/h2-5,8H,7H2,1H3. The molecule has 0 bridgehead atoms. The summed E-state index contributed by atoms with van der Waals surface area (Å²) in [5.41, 5.74) is 0.621. The van der Waals surface area contributed by atoms with Crippen LogP contribution in [0.1, 0.15) is 10.4 Å². The first-order valence-electron chi connectivity index (χ1n) is 5.64. The summed E-state index contributed by atoms with van der Waals surface area (Å²) in [7, 11) is 1.86. The van der Waals surface area contributed by atoms with Crippen molar-refractivity contribution < 1.29 is 4.92 Å². The van der Waals surface area contributed by atoms with Crippen LogP contribution < -0.4 is 4.90 Å². The van der Waals surface area contributed by atoms with Gasteiger partial charge in [0.15, 0.2) is 0 Å². The van der Waals surface area contributed by atoms with E-state index in [9.17, 15) is 10.1 Å². The molecular weight excluding hydrogens is 342 g/mol. The quantitative estimate of drug-likeness (QED) is 0.618. The van der Waals surface area contributed by atoms with E-state index < -0.39 is 4.92 Å². The fraction of sp³-hybridized carbons (Fsp3) is 0.154. The average Bonchev–Trinajstić information content (AvgIpc) is 2.83. The molecule has 0 saturated heterocycles. The molecule has 0 atom stereocenters. The van der Waals surface area contributed by atoms with Gasteiger partial charge in [0.2, 0.25) is 0 Å². The highest BCUT2D eigenvalue weighted by Crippen LogP contribution is 2.27. The number of rotatable bonds is 4. The molecule has 7 heteroatoms. The molecule has 0 aliphatic carbocycles. The molecule has 0 aliphatic heterocycles. The summed E-state index contributed by atoms with van der Waals surface area (Å²) in [5, 5.41) is 21.8. The number of hydrogen-bond acceptors (Lipinski definition) is 5. The molecule has 0 unspecified atom stereocenters. The molecule has 0 aliphatic rings. The van der Waals surface area contributed by atoms with Crippen molar-refractivity contribution in [1.29, 1.82) is 5.26 Å². The highest BCUT2D eigenvalue weighted by molar-refractivity contribution is 9.10. The Bertz CT molecular complexity index is 693. The van der Waals surface area contributed by atoms with Crippen molar-refractivity contribution in [3.8, 4) is 6.07 Å². The van der Waals surface area contributed by atoms with E-state index in [4.69, 9.17) is 5.26 Å². The maximum atomic E-state index is 10.9. The Morgan fingerprint density at radius 3 is 2.80 bits per heavy atom. The molecule has 0 saturated carbocycles. The van der Waals surface area contributed by atoms with Crippen LogP contribution in [0.2, 0.25) is 0 Å². The van der Waals surface area contributed by atoms with Crippen molar-refractivity contribution in [2.45, 2.75) is 6.54 Å². The van der Waals surface area contributed by atoms with Gasteiger partial charge in [-0.05, 0) is 34.1 Å². The first-order valence-corrected chi connectivity index (χ1v) is 7.31. The lowest BCUT2D eigenvalue weighted by molar-refractivity contribution is -0.385. The van der Waals surface area contributed by atoms with Gasteiger partial charge in [0.1, 0.15) is 11.6 Å². The van der Waals surface area contributed by atoms with E-state index in [-0.39, 0.29) is 11.3 Å². The first-order chi connectivity index (χ1) is 9.51. The number of nitro benzene ring substituents is 1. The van der Waals surface area contributed by atoms with Gasteiger partial charge in [-0.15, -0.1) is 11.3 Å². The van der Waals surface area contributed by atoms with Crippen molar-refractivity contribution in [3.05, 3.63) is 54.7 Å². The molecule has 2 aromatic rings. The number of nitrogens with zero attached hydrogens (tertiary/aromatic N) is 3. The Labute approximate surface area is 128 Å². The van der Waals surface area contributed by atoms with Gasteiger partial charge in [0.25, 0.3) is 5.69 Å². The monoisotopic (exact) mass is 351 g/mol. The smallest absolute Gasteiger partial charge is 0.289 e. The summed E-state index contributed by atoms with van der Waals surface area (Å²) < 4.78 is 1.02. The van der Waals surface area contributed by atoms with Crippen LogP contribution >= 0.6 is 27.3 Å². The highest BCUT2D eigenvalue weighted by atomic mass is 79.9. The maximum absolute atomic E-state index is 10.9. The van der Waals surface area contributed by atoms with Crippen molar-refractivity contribution in [3.63, 3.8) is 0 Å². The molecule has 0 radical (unpaired) electrons. The minimum absolute atomic E-state index is 0.0750. The van der Waals surface area contributed by atoms with Crippen LogP contribution in [0.3, 0.4) is 0 Å². The van der Waals surface area contributed by atoms with Crippen LogP contribution in [0.15, 0.2) is 34.1 Å². The Morgan fingerprint density at radius 1 is 1.50 bits per heavy atom. The number of hydrogen-bond donors (Lipinski definition) is 0. The molecule has 0 fully saturated rings. The molecule has 1 heterocycles. The average molecular weight is 352 g/mol. The van der Waals surface area contributed by atoms with Crippen LogP contribution in [0.4, 0.5) is 11.4 Å². The summed E-state index contributed by atoms with van der Waals surface area (Å²) in [6.45, 7) is 0.652. The number of thiophene rings is 1. The third kappa shape index (κ3) is 3.15. The second kappa shape index (κ2) is 6.03. The van der Waals surface area contributed by atoms with Crippen molar-refractivity contribution in [1.82, 2.24) is 0 Å². The number of nitriles is 1. The molecule has 0 spiro atoms. The zero-order valence-electron chi connectivity index (χ0n) is 10.5. The number of halogens is 1. The lowest BCUT2D eigenvalue weighted by Crippen LogP contribution is -2.15. The Balaban J connectivity index is 2.26. The van der Waals surface area contributed by atoms with E-state index in [0.717, 1.165) is 9.35 Å². The molecule has 1 aromatic heterocycles. The molecule has 102 valence electrons. The molecule has 1 aromatic carbocycles. The van der Waals surface area contributed by atoms with Gasteiger partial charge in [0, 0.05) is 33.5 Å². The minimum Gasteiger partial charge on any atom is -0.369 e. The summed E-state index contributed by atoms with van der Waals surface area (Å²) in [5.74, 6) is 0. The largest absolute Gasteiger partial charge is 0.369 e. The Morgan fingerprint density at radius 2 is 2.25 bits per heavy atom. The molecule has 20 heavy (non-hydrogen) atoms. The predicted octanol–water partition coefficient (Wildman–Crippen LogP) is 3.93. The van der Waals surface area contributed by atoms with Gasteiger partial charge >= 0.3 is 0 Å². The summed E-state index contributed by atoms with van der Waals surface area (Å²) in [4.78, 5) is 13.5. The van der Waals surface area contributed by atoms with Crippen LogP contribution in [-0.2, 0) is 6.54 Å². The fourth-order valence-corrected chi connectivity index (χ4v) is 3.27. The van der Waals surface area contributed by atoms with Crippen LogP contribution in [0.5, 0.6) is 0 Å². The van der Waals surface area contributed by atoms with E-state index in [1.807, 2.05) is 29.5 Å². The second-order valence-corrected chi connectivity index (χ2v) is 6.07. The minimum atomic E-state index is -0.530. The van der Waals surface area contributed by atoms with Gasteiger partial charge in [-0.2, -0.15) is 5.26 Å². The van der Waals surface area contributed by atoms with Gasteiger partial charge in [-0.25, -0.2) is 0 Å². The third-order valence-corrected chi connectivity index (χ3v) is 4.44. The zero-order chi connectivity index (χ0) is 14.7. The topological polar surface area (TPSA) is 70.2 Å². The van der Waals surface area contributed by atoms with Crippen molar-refractivity contribution >= 4 is 38.6 Å². The van der Waals surface area contributed by atoms with Crippen molar-refractivity contribution in [2.75, 3.05) is 11.9 Å². The Kier molecular flexibility index (Phi) is 4.37. The third-order valence-electron chi connectivity index (χ3n) is 2.75.